The first-order chi connectivity index (χ1) is 9.35. The fraction of sp³-hybridized carbons (Fsp3) is 0.467. The molecule has 0 atom stereocenters. The lowest BCUT2D eigenvalue weighted by atomic mass is 9.76. The van der Waals surface area contributed by atoms with Crippen molar-refractivity contribution >= 4 is 17.1 Å². The summed E-state index contributed by atoms with van der Waals surface area (Å²) in [4.78, 5) is 26.3. The second-order valence-electron chi connectivity index (χ2n) is 6.35. The van der Waals surface area contributed by atoms with Crippen LogP contribution in [0, 0.1) is 12.3 Å². The van der Waals surface area contributed by atoms with Crippen molar-refractivity contribution in [2.75, 3.05) is 0 Å². The van der Waals surface area contributed by atoms with Gasteiger partial charge in [0.2, 0.25) is 0 Å². The van der Waals surface area contributed by atoms with Gasteiger partial charge in [0, 0.05) is 34.4 Å². The first-order valence-electron chi connectivity index (χ1n) is 6.75. The summed E-state index contributed by atoms with van der Waals surface area (Å²) in [6.45, 7) is 6.91. The summed E-state index contributed by atoms with van der Waals surface area (Å²) in [6.07, 6.45) is 1.51. The molecule has 0 bridgehead atoms. The Labute approximate surface area is 121 Å². The highest BCUT2D eigenvalue weighted by Gasteiger charge is 2.33. The van der Waals surface area contributed by atoms with Crippen molar-refractivity contribution in [2.45, 2.75) is 40.2 Å². The Hall–Kier alpha value is -1.62. The minimum Gasteiger partial charge on any atom is -0.342 e. The number of nitrogens with zero attached hydrogens (tertiary/aromatic N) is 1. The molecule has 4 nitrogen and oxygen atoms in total. The third-order valence-electron chi connectivity index (χ3n) is 3.90. The Kier molecular flexibility index (Phi) is 2.97. The lowest BCUT2D eigenvalue weighted by Crippen LogP contribution is -2.28. The molecule has 106 valence electrons. The number of thiazole rings is 1. The molecule has 5 heteroatoms. The molecule has 0 aromatic carbocycles. The Morgan fingerprint density at radius 3 is 2.75 bits per heavy atom. The van der Waals surface area contributed by atoms with Gasteiger partial charge in [-0.25, -0.2) is 0 Å². The first kappa shape index (κ1) is 13.4. The van der Waals surface area contributed by atoms with Gasteiger partial charge < -0.3 is 9.55 Å². The van der Waals surface area contributed by atoms with Gasteiger partial charge in [-0.05, 0) is 24.8 Å². The zero-order chi connectivity index (χ0) is 14.5. The van der Waals surface area contributed by atoms with Crippen molar-refractivity contribution in [1.29, 1.82) is 0 Å². The van der Waals surface area contributed by atoms with Gasteiger partial charge >= 0.3 is 4.87 Å². The molecule has 0 amide bonds. The minimum absolute atomic E-state index is 0.00861. The molecular weight excluding hydrogens is 272 g/mol. The Balaban J connectivity index is 2.04. The lowest BCUT2D eigenvalue weighted by molar-refractivity contribution is 0.0910. The van der Waals surface area contributed by atoms with E-state index in [2.05, 4.69) is 23.4 Å². The summed E-state index contributed by atoms with van der Waals surface area (Å²) >= 11 is 1.18. The molecule has 1 N–H and O–H groups in total. The average Bonchev–Trinajstić information content (AvgIpc) is 2.86. The summed E-state index contributed by atoms with van der Waals surface area (Å²) in [5.74, 6) is 0.233. The average molecular weight is 290 g/mol. The van der Waals surface area contributed by atoms with Gasteiger partial charge in [-0.3, -0.25) is 9.59 Å². The second-order valence-corrected chi connectivity index (χ2v) is 7.19. The van der Waals surface area contributed by atoms with Crippen LogP contribution in [-0.4, -0.2) is 15.3 Å². The van der Waals surface area contributed by atoms with Crippen LogP contribution in [0.25, 0.3) is 0 Å². The predicted molar refractivity (Wildman–Crippen MR) is 79.6 cm³/mol. The zero-order valence-corrected chi connectivity index (χ0v) is 12.8. The number of aryl methyl sites for hydroxylation is 1. The molecule has 0 fully saturated rings. The molecule has 2 heterocycles. The highest BCUT2D eigenvalue weighted by atomic mass is 32.1. The SMILES string of the molecule is Cc1cc2c(n1Cc1csc(=O)[nH]1)CC(C)(C)CC2=O. The number of fused-ring (bicyclic) bond motifs is 1. The number of aromatic amines is 1. The normalized spacial score (nSPS) is 17.2. The molecule has 0 radical (unpaired) electrons. The summed E-state index contributed by atoms with van der Waals surface area (Å²) in [5, 5.41) is 1.85. The monoisotopic (exact) mass is 290 g/mol. The van der Waals surface area contributed by atoms with Gasteiger partial charge in [-0.1, -0.05) is 25.2 Å². The minimum atomic E-state index is -0.0323. The van der Waals surface area contributed by atoms with E-state index in [4.69, 9.17) is 0 Å². The van der Waals surface area contributed by atoms with Crippen LogP contribution in [0.4, 0.5) is 0 Å². The molecule has 2 aromatic heterocycles. The number of nitrogens with one attached hydrogen (secondary N) is 1. The maximum atomic E-state index is 12.3. The van der Waals surface area contributed by atoms with Crippen molar-refractivity contribution in [3.8, 4) is 0 Å². The summed E-state index contributed by atoms with van der Waals surface area (Å²) in [6, 6.07) is 1.98. The smallest absolute Gasteiger partial charge is 0.304 e. The number of carbonyl (C=O) groups is 1. The molecule has 20 heavy (non-hydrogen) atoms. The van der Waals surface area contributed by atoms with Crippen molar-refractivity contribution in [2.24, 2.45) is 5.41 Å². The van der Waals surface area contributed by atoms with Gasteiger partial charge in [-0.2, -0.15) is 0 Å². The molecule has 0 spiro atoms. The maximum Gasteiger partial charge on any atom is 0.304 e. The van der Waals surface area contributed by atoms with Crippen LogP contribution in [0.3, 0.4) is 0 Å². The number of hydrogen-bond acceptors (Lipinski definition) is 3. The molecule has 1 aliphatic carbocycles. The van der Waals surface area contributed by atoms with Gasteiger partial charge in [0.25, 0.3) is 0 Å². The van der Waals surface area contributed by atoms with E-state index in [-0.39, 0.29) is 16.1 Å². The van der Waals surface area contributed by atoms with E-state index in [1.807, 2.05) is 18.4 Å². The highest BCUT2D eigenvalue weighted by molar-refractivity contribution is 7.07. The number of ketones is 1. The van der Waals surface area contributed by atoms with Crippen LogP contribution >= 0.6 is 11.3 Å². The molecular formula is C15H18N2O2S. The standard InChI is InChI=1S/C15H18N2O2S/c1-9-4-11-12(5-15(2,3)6-13(11)18)17(9)7-10-8-20-14(19)16-10/h4,8H,5-7H2,1-3H3,(H,16,19). The van der Waals surface area contributed by atoms with Gasteiger partial charge in [-0.15, -0.1) is 0 Å². The quantitative estimate of drug-likeness (QED) is 0.924. The molecule has 0 saturated carbocycles. The second kappa shape index (κ2) is 4.45. The van der Waals surface area contributed by atoms with Crippen molar-refractivity contribution < 1.29 is 4.79 Å². The van der Waals surface area contributed by atoms with Crippen molar-refractivity contribution in [1.82, 2.24) is 9.55 Å². The van der Waals surface area contributed by atoms with E-state index in [9.17, 15) is 9.59 Å². The van der Waals surface area contributed by atoms with Crippen molar-refractivity contribution in [3.63, 3.8) is 0 Å². The Morgan fingerprint density at radius 1 is 1.35 bits per heavy atom. The third-order valence-corrected chi connectivity index (χ3v) is 4.62. The summed E-state index contributed by atoms with van der Waals surface area (Å²) < 4.78 is 2.16. The number of carbonyl (C=O) groups excluding carboxylic acids is 1. The van der Waals surface area contributed by atoms with Crippen LogP contribution in [0.5, 0.6) is 0 Å². The highest BCUT2D eigenvalue weighted by Crippen LogP contribution is 2.36. The van der Waals surface area contributed by atoms with Crippen molar-refractivity contribution in [3.05, 3.63) is 43.8 Å². The maximum absolute atomic E-state index is 12.3. The van der Waals surface area contributed by atoms with Crippen LogP contribution in [-0.2, 0) is 13.0 Å². The topological polar surface area (TPSA) is 54.9 Å². The number of rotatable bonds is 2. The molecule has 3 rings (SSSR count). The van der Waals surface area contributed by atoms with Crippen LogP contribution in [0.1, 0.15) is 47.7 Å². The fourth-order valence-corrected chi connectivity index (χ4v) is 3.56. The zero-order valence-electron chi connectivity index (χ0n) is 11.9. The van der Waals surface area contributed by atoms with Crippen LogP contribution in [0.2, 0.25) is 0 Å². The molecule has 2 aromatic rings. The number of aromatic nitrogens is 2. The number of H-pyrrole nitrogens is 1. The van der Waals surface area contributed by atoms with Gasteiger partial charge in [0.1, 0.15) is 0 Å². The lowest BCUT2D eigenvalue weighted by Gasteiger charge is -2.29. The van der Waals surface area contributed by atoms with E-state index in [0.717, 1.165) is 29.1 Å². The van der Waals surface area contributed by atoms with Crippen LogP contribution in [0.15, 0.2) is 16.2 Å². The van der Waals surface area contributed by atoms with E-state index in [0.29, 0.717) is 13.0 Å². The Morgan fingerprint density at radius 2 is 2.10 bits per heavy atom. The number of hydrogen-bond donors (Lipinski definition) is 1. The fourth-order valence-electron chi connectivity index (χ4n) is 2.99. The summed E-state index contributed by atoms with van der Waals surface area (Å²) in [7, 11) is 0. The molecule has 0 unspecified atom stereocenters. The van der Waals surface area contributed by atoms with Gasteiger partial charge in [0.15, 0.2) is 5.78 Å². The van der Waals surface area contributed by atoms with E-state index in [1.54, 1.807) is 0 Å². The molecule has 0 aliphatic heterocycles. The first-order valence-corrected chi connectivity index (χ1v) is 7.62. The van der Waals surface area contributed by atoms with E-state index < -0.39 is 0 Å². The molecule has 1 aliphatic rings. The summed E-state index contributed by atoms with van der Waals surface area (Å²) in [5.41, 5.74) is 3.95. The van der Waals surface area contributed by atoms with E-state index >= 15 is 0 Å². The molecule has 0 saturated heterocycles. The third kappa shape index (κ3) is 2.26. The predicted octanol–water partition coefficient (Wildman–Crippen LogP) is 2.75. The van der Waals surface area contributed by atoms with Gasteiger partial charge in [0.05, 0.1) is 6.54 Å². The number of Topliss-reactive ketones (excluding diaryl/α,β-unsaturated/α-hetero) is 1. The largest absolute Gasteiger partial charge is 0.342 e. The van der Waals surface area contributed by atoms with Crippen LogP contribution < -0.4 is 4.87 Å². The van der Waals surface area contributed by atoms with E-state index in [1.165, 1.54) is 11.3 Å². The Bertz CT molecular complexity index is 733.